The predicted octanol–water partition coefficient (Wildman–Crippen LogP) is 0.630. The molecule has 1 aromatic rings. The molecule has 4 nitrogen and oxygen atoms in total. The summed E-state index contributed by atoms with van der Waals surface area (Å²) in [5.74, 6) is 0. The summed E-state index contributed by atoms with van der Waals surface area (Å²) < 4.78 is 1.55. The third kappa shape index (κ3) is 1.70. The van der Waals surface area contributed by atoms with Crippen molar-refractivity contribution < 1.29 is 5.11 Å². The minimum absolute atomic E-state index is 0.142. The van der Waals surface area contributed by atoms with Gasteiger partial charge >= 0.3 is 0 Å². The molecule has 5 heteroatoms. The number of nitrogens with two attached hydrogens (primary N) is 1. The molecule has 1 rings (SSSR count). The summed E-state index contributed by atoms with van der Waals surface area (Å²) in [4.78, 5) is 0. The molecular weight excluding hydrogens is 190 g/mol. The van der Waals surface area contributed by atoms with Gasteiger partial charge in [-0.2, -0.15) is 5.10 Å². The third-order valence-corrected chi connectivity index (χ3v) is 2.53. The van der Waals surface area contributed by atoms with E-state index in [4.69, 9.17) is 17.3 Å². The van der Waals surface area contributed by atoms with Crippen LogP contribution >= 0.6 is 11.6 Å². The molecule has 0 radical (unpaired) electrons. The van der Waals surface area contributed by atoms with Crippen LogP contribution < -0.4 is 5.73 Å². The lowest BCUT2D eigenvalue weighted by molar-refractivity contribution is 0.0337. The number of hydrogen-bond acceptors (Lipinski definition) is 3. The van der Waals surface area contributed by atoms with E-state index in [1.54, 1.807) is 11.7 Å². The van der Waals surface area contributed by atoms with Gasteiger partial charge in [-0.3, -0.25) is 4.68 Å². The average molecular weight is 204 g/mol. The predicted molar refractivity (Wildman–Crippen MR) is 51.5 cm³/mol. The first-order valence-electron chi connectivity index (χ1n) is 4.15. The summed E-state index contributed by atoms with van der Waals surface area (Å²) in [5.41, 5.74) is 5.01. The lowest BCUT2D eigenvalue weighted by atomic mass is 9.97. The van der Waals surface area contributed by atoms with Crippen molar-refractivity contribution >= 4 is 11.6 Å². The van der Waals surface area contributed by atoms with Crippen LogP contribution in [0.2, 0.25) is 5.02 Å². The van der Waals surface area contributed by atoms with Crippen LogP contribution in [0.1, 0.15) is 19.0 Å². The van der Waals surface area contributed by atoms with Crippen LogP contribution in [-0.4, -0.2) is 21.4 Å². The van der Waals surface area contributed by atoms with E-state index in [0.717, 1.165) is 0 Å². The third-order valence-electron chi connectivity index (χ3n) is 2.26. The van der Waals surface area contributed by atoms with E-state index >= 15 is 0 Å². The molecule has 1 atom stereocenters. The van der Waals surface area contributed by atoms with E-state index in [1.807, 2.05) is 6.92 Å². The van der Waals surface area contributed by atoms with Gasteiger partial charge in [0.15, 0.2) is 0 Å². The Labute approximate surface area is 82.3 Å². The Kier molecular flexibility index (Phi) is 2.95. The minimum atomic E-state index is -1.07. The second-order valence-electron chi connectivity index (χ2n) is 3.05. The van der Waals surface area contributed by atoms with Crippen molar-refractivity contribution in [1.29, 1.82) is 0 Å². The van der Waals surface area contributed by atoms with Crippen LogP contribution in [0.15, 0.2) is 6.20 Å². The van der Waals surface area contributed by atoms with Crippen molar-refractivity contribution in [1.82, 2.24) is 9.78 Å². The molecular formula is C8H14ClN3O. The van der Waals surface area contributed by atoms with E-state index in [1.165, 1.54) is 6.20 Å². The molecule has 0 amide bonds. The quantitative estimate of drug-likeness (QED) is 0.758. The Balaban J connectivity index is 3.18. The average Bonchev–Trinajstić information content (AvgIpc) is 2.46. The number of aliphatic hydroxyl groups is 1. The van der Waals surface area contributed by atoms with Gasteiger partial charge < -0.3 is 10.8 Å². The van der Waals surface area contributed by atoms with E-state index < -0.39 is 5.60 Å². The first-order valence-corrected chi connectivity index (χ1v) is 4.53. The maximum absolute atomic E-state index is 10.1. The topological polar surface area (TPSA) is 64.1 Å². The van der Waals surface area contributed by atoms with Gasteiger partial charge in [0.2, 0.25) is 0 Å². The lowest BCUT2D eigenvalue weighted by Gasteiger charge is -2.25. The number of halogens is 1. The highest BCUT2D eigenvalue weighted by atomic mass is 35.5. The van der Waals surface area contributed by atoms with Crippen molar-refractivity contribution in [2.45, 2.75) is 18.9 Å². The molecule has 74 valence electrons. The highest BCUT2D eigenvalue weighted by molar-refractivity contribution is 6.31. The van der Waals surface area contributed by atoms with Crippen LogP contribution in [0.25, 0.3) is 0 Å². The van der Waals surface area contributed by atoms with Gasteiger partial charge in [0.05, 0.1) is 16.9 Å². The van der Waals surface area contributed by atoms with Gasteiger partial charge in [0, 0.05) is 13.6 Å². The van der Waals surface area contributed by atoms with Gasteiger partial charge in [-0.1, -0.05) is 18.5 Å². The van der Waals surface area contributed by atoms with Crippen molar-refractivity contribution in [3.8, 4) is 0 Å². The Morgan fingerprint density at radius 3 is 2.69 bits per heavy atom. The molecule has 0 bridgehead atoms. The molecule has 1 heterocycles. The Hall–Kier alpha value is -0.580. The standard InChI is InChI=1S/C8H14ClN3O/c1-3-8(13,5-10)7-6(9)4-11-12(7)2/h4,13H,3,5,10H2,1-2H3. The Morgan fingerprint density at radius 2 is 2.38 bits per heavy atom. The van der Waals surface area contributed by atoms with Crippen LogP contribution in [0.3, 0.4) is 0 Å². The maximum atomic E-state index is 10.1. The van der Waals surface area contributed by atoms with Gasteiger partial charge in [0.1, 0.15) is 5.60 Å². The van der Waals surface area contributed by atoms with E-state index in [0.29, 0.717) is 17.1 Å². The fraction of sp³-hybridized carbons (Fsp3) is 0.625. The van der Waals surface area contributed by atoms with Crippen molar-refractivity contribution in [3.63, 3.8) is 0 Å². The maximum Gasteiger partial charge on any atom is 0.119 e. The van der Waals surface area contributed by atoms with Crippen molar-refractivity contribution in [3.05, 3.63) is 16.9 Å². The first kappa shape index (κ1) is 10.5. The molecule has 0 aliphatic heterocycles. The van der Waals surface area contributed by atoms with Gasteiger partial charge in [0.25, 0.3) is 0 Å². The molecule has 3 N–H and O–H groups in total. The summed E-state index contributed by atoms with van der Waals surface area (Å²) in [7, 11) is 1.73. The highest BCUT2D eigenvalue weighted by Gasteiger charge is 2.31. The number of rotatable bonds is 3. The fourth-order valence-corrected chi connectivity index (χ4v) is 1.68. The van der Waals surface area contributed by atoms with E-state index in [2.05, 4.69) is 5.10 Å². The number of hydrogen-bond donors (Lipinski definition) is 2. The van der Waals surface area contributed by atoms with Crippen molar-refractivity contribution in [2.24, 2.45) is 12.8 Å². The zero-order chi connectivity index (χ0) is 10.1. The van der Waals surface area contributed by atoms with Gasteiger partial charge in [-0.25, -0.2) is 0 Å². The Bertz CT molecular complexity index is 274. The number of aromatic nitrogens is 2. The number of aryl methyl sites for hydroxylation is 1. The molecule has 0 fully saturated rings. The zero-order valence-corrected chi connectivity index (χ0v) is 8.54. The lowest BCUT2D eigenvalue weighted by Crippen LogP contribution is -2.36. The molecule has 0 spiro atoms. The van der Waals surface area contributed by atoms with E-state index in [-0.39, 0.29) is 6.54 Å². The summed E-state index contributed by atoms with van der Waals surface area (Å²) in [5, 5.41) is 14.5. The fourth-order valence-electron chi connectivity index (χ4n) is 1.34. The highest BCUT2D eigenvalue weighted by Crippen LogP contribution is 2.29. The molecule has 0 aliphatic rings. The Morgan fingerprint density at radius 1 is 1.77 bits per heavy atom. The molecule has 1 unspecified atom stereocenters. The molecule has 0 saturated carbocycles. The molecule has 0 saturated heterocycles. The van der Waals surface area contributed by atoms with Gasteiger partial charge in [-0.05, 0) is 6.42 Å². The summed E-state index contributed by atoms with van der Waals surface area (Å²) in [6, 6.07) is 0. The monoisotopic (exact) mass is 203 g/mol. The smallest absolute Gasteiger partial charge is 0.119 e. The van der Waals surface area contributed by atoms with Gasteiger partial charge in [-0.15, -0.1) is 0 Å². The number of nitrogens with zero attached hydrogens (tertiary/aromatic N) is 2. The second-order valence-corrected chi connectivity index (χ2v) is 3.46. The van der Waals surface area contributed by atoms with E-state index in [9.17, 15) is 5.11 Å². The second kappa shape index (κ2) is 3.65. The zero-order valence-electron chi connectivity index (χ0n) is 7.79. The molecule has 0 aliphatic carbocycles. The van der Waals surface area contributed by atoms with Crippen LogP contribution in [0.5, 0.6) is 0 Å². The first-order chi connectivity index (χ1) is 6.05. The normalized spacial score (nSPS) is 15.8. The SMILES string of the molecule is CCC(O)(CN)c1c(Cl)cnn1C. The van der Waals surface area contributed by atoms with Crippen LogP contribution in [0, 0.1) is 0 Å². The summed E-state index contributed by atoms with van der Waals surface area (Å²) in [6.45, 7) is 2.00. The molecule has 0 aromatic carbocycles. The van der Waals surface area contributed by atoms with Crippen molar-refractivity contribution in [2.75, 3.05) is 6.54 Å². The molecule has 13 heavy (non-hydrogen) atoms. The minimum Gasteiger partial charge on any atom is -0.382 e. The molecule has 1 aromatic heterocycles. The van der Waals surface area contributed by atoms with Crippen LogP contribution in [0.4, 0.5) is 0 Å². The van der Waals surface area contributed by atoms with Crippen LogP contribution in [-0.2, 0) is 12.6 Å². The largest absolute Gasteiger partial charge is 0.382 e. The summed E-state index contributed by atoms with van der Waals surface area (Å²) >= 11 is 5.89. The summed E-state index contributed by atoms with van der Waals surface area (Å²) in [6.07, 6.45) is 2.02.